The molecule has 1 atom stereocenters. The summed E-state index contributed by atoms with van der Waals surface area (Å²) in [5, 5.41) is 4.66. The van der Waals surface area contributed by atoms with Crippen molar-refractivity contribution in [3.8, 4) is 0 Å². The molecule has 25 heavy (non-hydrogen) atoms. The van der Waals surface area contributed by atoms with Crippen molar-refractivity contribution in [3.63, 3.8) is 0 Å². The van der Waals surface area contributed by atoms with Gasteiger partial charge in [0.05, 0.1) is 4.88 Å². The number of amides is 1. The van der Waals surface area contributed by atoms with Crippen molar-refractivity contribution in [2.75, 3.05) is 6.54 Å². The summed E-state index contributed by atoms with van der Waals surface area (Å²) in [7, 11) is 0. The molecular weight excluding hydrogens is 356 g/mol. The van der Waals surface area contributed by atoms with Crippen LogP contribution in [0, 0.1) is 0 Å². The lowest BCUT2D eigenvalue weighted by Gasteiger charge is -2.14. The third-order valence-electron chi connectivity index (χ3n) is 3.93. The quantitative estimate of drug-likeness (QED) is 0.678. The molecule has 6 heteroatoms. The summed E-state index contributed by atoms with van der Waals surface area (Å²) in [4.78, 5) is 24.4. The number of Topliss-reactive ketones (excluding diaryl/α,β-unsaturated/α-hetero) is 1. The van der Waals surface area contributed by atoms with Crippen molar-refractivity contribution < 1.29 is 9.59 Å². The van der Waals surface area contributed by atoms with Gasteiger partial charge in [-0.2, -0.15) is 0 Å². The summed E-state index contributed by atoms with van der Waals surface area (Å²) in [5.74, 6) is 0.346. The first-order valence-corrected chi connectivity index (χ1v) is 9.04. The summed E-state index contributed by atoms with van der Waals surface area (Å²) in [6.45, 7) is 4.66. The number of ketones is 1. The molecule has 0 bridgehead atoms. The second kappa shape index (κ2) is 10.3. The third kappa shape index (κ3) is 6.61. The van der Waals surface area contributed by atoms with E-state index < -0.39 is 0 Å². The molecule has 1 aromatic heterocycles. The van der Waals surface area contributed by atoms with Crippen LogP contribution < -0.4 is 11.1 Å². The fourth-order valence-electron chi connectivity index (χ4n) is 2.35. The predicted molar refractivity (Wildman–Crippen MR) is 106 cm³/mol. The SMILES string of the molecule is CC(C)c1ccc(C(N)CNC(=O)CCC(=O)c2cccs2)cc1.Cl. The maximum absolute atomic E-state index is 11.9. The number of nitrogens with two attached hydrogens (primary N) is 1. The minimum Gasteiger partial charge on any atom is -0.354 e. The molecule has 2 rings (SSSR count). The largest absolute Gasteiger partial charge is 0.354 e. The van der Waals surface area contributed by atoms with Crippen LogP contribution in [0.2, 0.25) is 0 Å². The molecule has 0 spiro atoms. The fraction of sp³-hybridized carbons (Fsp3) is 0.368. The zero-order chi connectivity index (χ0) is 17.5. The number of carbonyl (C=O) groups is 2. The first-order valence-electron chi connectivity index (χ1n) is 8.16. The van der Waals surface area contributed by atoms with Gasteiger partial charge in [0.1, 0.15) is 0 Å². The Bertz CT molecular complexity index is 669. The maximum Gasteiger partial charge on any atom is 0.220 e. The molecule has 1 heterocycles. The summed E-state index contributed by atoms with van der Waals surface area (Å²) in [6.07, 6.45) is 0.417. The molecule has 136 valence electrons. The highest BCUT2D eigenvalue weighted by Gasteiger charge is 2.12. The molecule has 1 unspecified atom stereocenters. The zero-order valence-corrected chi connectivity index (χ0v) is 16.2. The lowest BCUT2D eigenvalue weighted by molar-refractivity contribution is -0.121. The Morgan fingerprint density at radius 2 is 1.72 bits per heavy atom. The van der Waals surface area contributed by atoms with Crippen LogP contribution in [0.25, 0.3) is 0 Å². The molecular formula is C19H25ClN2O2S. The summed E-state index contributed by atoms with van der Waals surface area (Å²) < 4.78 is 0. The van der Waals surface area contributed by atoms with E-state index in [1.54, 1.807) is 6.07 Å². The van der Waals surface area contributed by atoms with Gasteiger partial charge in [-0.3, -0.25) is 9.59 Å². The Balaban J connectivity index is 0.00000312. The highest BCUT2D eigenvalue weighted by molar-refractivity contribution is 7.12. The predicted octanol–water partition coefficient (Wildman–Crippen LogP) is 4.07. The van der Waals surface area contributed by atoms with Crippen LogP contribution in [0.15, 0.2) is 41.8 Å². The van der Waals surface area contributed by atoms with Crippen molar-refractivity contribution in [3.05, 3.63) is 57.8 Å². The normalized spacial score (nSPS) is 11.7. The molecule has 0 saturated heterocycles. The number of hydrogen-bond acceptors (Lipinski definition) is 4. The molecule has 4 nitrogen and oxygen atoms in total. The molecule has 0 radical (unpaired) electrons. The molecule has 1 amide bonds. The zero-order valence-electron chi connectivity index (χ0n) is 14.5. The maximum atomic E-state index is 11.9. The molecule has 2 aromatic rings. The second-order valence-electron chi connectivity index (χ2n) is 6.13. The number of hydrogen-bond donors (Lipinski definition) is 2. The van der Waals surface area contributed by atoms with Gasteiger partial charge in [0.15, 0.2) is 5.78 Å². The van der Waals surface area contributed by atoms with Crippen molar-refractivity contribution >= 4 is 35.4 Å². The average Bonchev–Trinajstić information content (AvgIpc) is 3.12. The van der Waals surface area contributed by atoms with E-state index in [4.69, 9.17) is 5.73 Å². The monoisotopic (exact) mass is 380 g/mol. The summed E-state index contributed by atoms with van der Waals surface area (Å²) in [5.41, 5.74) is 8.38. The highest BCUT2D eigenvalue weighted by Crippen LogP contribution is 2.17. The van der Waals surface area contributed by atoms with Crippen LogP contribution in [0.1, 0.15) is 59.4 Å². The van der Waals surface area contributed by atoms with E-state index in [2.05, 4.69) is 31.3 Å². The standard InChI is InChI=1S/C19H24N2O2S.ClH/c1-13(2)14-5-7-15(8-6-14)16(20)12-21-19(23)10-9-17(22)18-4-3-11-24-18;/h3-8,11,13,16H,9-10,12,20H2,1-2H3,(H,21,23);1H. The van der Waals surface area contributed by atoms with Crippen molar-refractivity contribution in [2.24, 2.45) is 5.73 Å². The van der Waals surface area contributed by atoms with Crippen LogP contribution in [0.4, 0.5) is 0 Å². The van der Waals surface area contributed by atoms with Gasteiger partial charge in [0.25, 0.3) is 0 Å². The Kier molecular flexibility index (Phi) is 8.83. The Morgan fingerprint density at radius 3 is 2.28 bits per heavy atom. The number of nitrogens with one attached hydrogen (secondary N) is 1. The van der Waals surface area contributed by atoms with E-state index in [-0.39, 0.29) is 43.0 Å². The minimum absolute atomic E-state index is 0. The van der Waals surface area contributed by atoms with Crippen LogP contribution in [-0.2, 0) is 4.79 Å². The first-order chi connectivity index (χ1) is 11.5. The van der Waals surface area contributed by atoms with Gasteiger partial charge in [-0.05, 0) is 28.5 Å². The van der Waals surface area contributed by atoms with E-state index in [9.17, 15) is 9.59 Å². The van der Waals surface area contributed by atoms with Gasteiger partial charge in [0, 0.05) is 25.4 Å². The number of rotatable bonds is 8. The molecule has 0 aliphatic rings. The summed E-state index contributed by atoms with van der Waals surface area (Å²) >= 11 is 1.40. The van der Waals surface area contributed by atoms with Crippen LogP contribution >= 0.6 is 23.7 Å². The van der Waals surface area contributed by atoms with Crippen LogP contribution in [-0.4, -0.2) is 18.2 Å². The number of thiophene rings is 1. The topological polar surface area (TPSA) is 72.2 Å². The van der Waals surface area contributed by atoms with Gasteiger partial charge >= 0.3 is 0 Å². The van der Waals surface area contributed by atoms with Crippen LogP contribution in [0.5, 0.6) is 0 Å². The van der Waals surface area contributed by atoms with Gasteiger partial charge in [-0.25, -0.2) is 0 Å². The van der Waals surface area contributed by atoms with E-state index in [0.717, 1.165) is 5.56 Å². The Labute approximate surface area is 159 Å². The second-order valence-corrected chi connectivity index (χ2v) is 7.08. The molecule has 0 aliphatic heterocycles. The van der Waals surface area contributed by atoms with E-state index in [1.165, 1.54) is 16.9 Å². The summed E-state index contributed by atoms with van der Waals surface area (Å²) in [6, 6.07) is 11.5. The number of benzene rings is 1. The van der Waals surface area contributed by atoms with Crippen molar-refractivity contribution in [2.45, 2.75) is 38.6 Å². The average molecular weight is 381 g/mol. The minimum atomic E-state index is -0.247. The van der Waals surface area contributed by atoms with Gasteiger partial charge in [0.2, 0.25) is 5.91 Å². The van der Waals surface area contributed by atoms with Gasteiger partial charge in [-0.1, -0.05) is 44.2 Å². The van der Waals surface area contributed by atoms with Gasteiger partial charge < -0.3 is 11.1 Å². The first kappa shape index (κ1) is 21.4. The van der Waals surface area contributed by atoms with Crippen molar-refractivity contribution in [1.82, 2.24) is 5.32 Å². The lowest BCUT2D eigenvalue weighted by Crippen LogP contribution is -2.32. The molecule has 0 fully saturated rings. The van der Waals surface area contributed by atoms with Crippen molar-refractivity contribution in [1.29, 1.82) is 0 Å². The van der Waals surface area contributed by atoms with E-state index in [1.807, 2.05) is 23.6 Å². The Morgan fingerprint density at radius 1 is 1.08 bits per heavy atom. The molecule has 0 saturated carbocycles. The number of halogens is 1. The molecule has 0 aliphatic carbocycles. The molecule has 3 N–H and O–H groups in total. The fourth-order valence-corrected chi connectivity index (χ4v) is 3.04. The number of carbonyl (C=O) groups excluding carboxylic acids is 2. The van der Waals surface area contributed by atoms with Gasteiger partial charge in [-0.15, -0.1) is 23.7 Å². The lowest BCUT2D eigenvalue weighted by atomic mass is 9.99. The Hall–Kier alpha value is -1.69. The van der Waals surface area contributed by atoms with E-state index in [0.29, 0.717) is 17.3 Å². The van der Waals surface area contributed by atoms with Crippen LogP contribution in [0.3, 0.4) is 0 Å². The highest BCUT2D eigenvalue weighted by atomic mass is 35.5. The smallest absolute Gasteiger partial charge is 0.220 e. The van der Waals surface area contributed by atoms with E-state index >= 15 is 0 Å². The third-order valence-corrected chi connectivity index (χ3v) is 4.84. The molecule has 1 aromatic carbocycles.